The first-order valence-corrected chi connectivity index (χ1v) is 12.7. The molecular weight excluding hydrogens is 484 g/mol. The minimum absolute atomic E-state index is 0.0713. The van der Waals surface area contributed by atoms with Gasteiger partial charge in [0.2, 0.25) is 5.95 Å². The molecular formula is C27H28N8O3. The van der Waals surface area contributed by atoms with Gasteiger partial charge in [-0.3, -0.25) is 9.59 Å². The molecule has 0 bridgehead atoms. The Morgan fingerprint density at radius 3 is 2.66 bits per heavy atom. The predicted molar refractivity (Wildman–Crippen MR) is 141 cm³/mol. The van der Waals surface area contributed by atoms with Crippen LogP contribution in [-0.4, -0.2) is 87.1 Å². The van der Waals surface area contributed by atoms with Gasteiger partial charge in [0, 0.05) is 32.4 Å². The Bertz CT molecular complexity index is 1450. The number of morpholine rings is 1. The number of ether oxygens (including phenoxy) is 1. The topological polar surface area (TPSA) is 129 Å². The Morgan fingerprint density at radius 1 is 0.974 bits per heavy atom. The van der Waals surface area contributed by atoms with E-state index < -0.39 is 0 Å². The maximum absolute atomic E-state index is 13.4. The quantitative estimate of drug-likeness (QED) is 0.416. The van der Waals surface area contributed by atoms with Gasteiger partial charge in [-0.05, 0) is 36.2 Å². The number of pyridine rings is 1. The van der Waals surface area contributed by atoms with E-state index in [-0.39, 0.29) is 23.8 Å². The van der Waals surface area contributed by atoms with Crippen LogP contribution in [0.4, 0.5) is 5.95 Å². The third-order valence-corrected chi connectivity index (χ3v) is 6.99. The summed E-state index contributed by atoms with van der Waals surface area (Å²) in [4.78, 5) is 51.4. The number of rotatable bonds is 5. The van der Waals surface area contributed by atoms with E-state index in [0.717, 1.165) is 11.0 Å². The molecule has 0 aliphatic carbocycles. The zero-order valence-corrected chi connectivity index (χ0v) is 21.0. The first kappa shape index (κ1) is 24.0. The molecule has 4 aromatic rings. The molecule has 0 saturated carbocycles. The number of para-hydroxylation sites is 2. The summed E-state index contributed by atoms with van der Waals surface area (Å²) in [6.45, 7) is 5.53. The first-order chi connectivity index (χ1) is 18.5. The molecule has 2 aliphatic heterocycles. The highest BCUT2D eigenvalue weighted by molar-refractivity contribution is 5.94. The van der Waals surface area contributed by atoms with Gasteiger partial charge in [0.15, 0.2) is 5.82 Å². The van der Waals surface area contributed by atoms with Gasteiger partial charge in [0.1, 0.15) is 17.1 Å². The maximum Gasteiger partial charge on any atom is 0.272 e. The van der Waals surface area contributed by atoms with Gasteiger partial charge in [-0.15, -0.1) is 0 Å². The average molecular weight is 513 g/mol. The smallest absolute Gasteiger partial charge is 0.272 e. The van der Waals surface area contributed by atoms with Crippen molar-refractivity contribution in [1.29, 1.82) is 0 Å². The Balaban J connectivity index is 1.13. The van der Waals surface area contributed by atoms with Crippen molar-refractivity contribution in [3.63, 3.8) is 0 Å². The van der Waals surface area contributed by atoms with Crippen molar-refractivity contribution in [2.75, 3.05) is 44.3 Å². The van der Waals surface area contributed by atoms with E-state index in [2.05, 4.69) is 30.2 Å². The zero-order chi connectivity index (χ0) is 26.1. The fourth-order valence-electron chi connectivity index (χ4n) is 4.88. The molecule has 2 fully saturated rings. The van der Waals surface area contributed by atoms with Crippen molar-refractivity contribution in [1.82, 2.24) is 35.1 Å². The second-order valence-corrected chi connectivity index (χ2v) is 9.62. The number of likely N-dealkylation sites (tertiary alicyclic amines) is 1. The number of amides is 2. The van der Waals surface area contributed by atoms with Crippen molar-refractivity contribution in [2.24, 2.45) is 5.92 Å². The number of fused-ring (bicyclic) bond motifs is 1. The molecule has 5 heterocycles. The van der Waals surface area contributed by atoms with Gasteiger partial charge >= 0.3 is 0 Å². The van der Waals surface area contributed by atoms with Crippen LogP contribution >= 0.6 is 0 Å². The fourth-order valence-corrected chi connectivity index (χ4v) is 4.88. The summed E-state index contributed by atoms with van der Waals surface area (Å²) in [6, 6.07) is 14.5. The van der Waals surface area contributed by atoms with Crippen molar-refractivity contribution >= 4 is 28.8 Å². The third-order valence-electron chi connectivity index (χ3n) is 6.99. The van der Waals surface area contributed by atoms with E-state index in [4.69, 9.17) is 4.74 Å². The summed E-state index contributed by atoms with van der Waals surface area (Å²) in [5.74, 6) is 0.748. The monoisotopic (exact) mass is 512 g/mol. The molecule has 2 unspecified atom stereocenters. The van der Waals surface area contributed by atoms with Crippen LogP contribution < -0.4 is 10.2 Å². The Kier molecular flexibility index (Phi) is 6.42. The van der Waals surface area contributed by atoms with Crippen LogP contribution in [0.1, 0.15) is 27.9 Å². The van der Waals surface area contributed by atoms with Crippen molar-refractivity contribution in [3.05, 3.63) is 66.1 Å². The van der Waals surface area contributed by atoms with Crippen LogP contribution in [0.2, 0.25) is 0 Å². The van der Waals surface area contributed by atoms with Crippen molar-refractivity contribution in [3.8, 4) is 11.5 Å². The average Bonchev–Trinajstić information content (AvgIpc) is 3.57. The summed E-state index contributed by atoms with van der Waals surface area (Å²) < 4.78 is 5.38. The Morgan fingerprint density at radius 2 is 1.82 bits per heavy atom. The number of hydrogen-bond donors (Lipinski definition) is 2. The molecule has 2 atom stereocenters. The van der Waals surface area contributed by atoms with E-state index >= 15 is 0 Å². The van der Waals surface area contributed by atoms with E-state index in [1.54, 1.807) is 23.2 Å². The summed E-state index contributed by atoms with van der Waals surface area (Å²) in [5, 5.41) is 3.06. The molecule has 2 saturated heterocycles. The molecule has 2 amide bonds. The number of benzene rings is 1. The van der Waals surface area contributed by atoms with Crippen molar-refractivity contribution in [2.45, 2.75) is 13.0 Å². The standard InChI is InChI=1S/C27H28N8O3/c1-17-15-35(16-23(17)32-25(36)21-9-10-28-27(33-21)34-11-13-38-14-12-34)26(37)22-8-4-7-20(29-22)24-30-18-5-2-3-6-19(18)31-24/h2-10,17,23H,11-16H2,1H3,(H,30,31)(H,32,36). The number of nitrogens with zero attached hydrogens (tertiary/aromatic N) is 6. The Hall–Kier alpha value is -4.38. The molecule has 1 aromatic carbocycles. The molecule has 38 heavy (non-hydrogen) atoms. The molecule has 2 N–H and O–H groups in total. The highest BCUT2D eigenvalue weighted by Gasteiger charge is 2.35. The lowest BCUT2D eigenvalue weighted by Crippen LogP contribution is -2.41. The number of aromatic amines is 1. The van der Waals surface area contributed by atoms with Gasteiger partial charge in [0.25, 0.3) is 11.8 Å². The van der Waals surface area contributed by atoms with Crippen LogP contribution in [-0.2, 0) is 4.74 Å². The molecule has 0 radical (unpaired) electrons. The highest BCUT2D eigenvalue weighted by Crippen LogP contribution is 2.22. The normalized spacial score (nSPS) is 19.6. The molecule has 11 heteroatoms. The maximum atomic E-state index is 13.4. The predicted octanol–water partition coefficient (Wildman–Crippen LogP) is 2.14. The number of hydrogen-bond acceptors (Lipinski definition) is 8. The van der Waals surface area contributed by atoms with Crippen molar-refractivity contribution < 1.29 is 14.3 Å². The summed E-state index contributed by atoms with van der Waals surface area (Å²) in [5.41, 5.74) is 3.00. The lowest BCUT2D eigenvalue weighted by atomic mass is 10.1. The fraction of sp³-hybridized carbons (Fsp3) is 0.333. The molecule has 6 rings (SSSR count). The molecule has 3 aromatic heterocycles. The number of carbonyl (C=O) groups is 2. The van der Waals surface area contributed by atoms with Crippen LogP contribution in [0.15, 0.2) is 54.7 Å². The molecule has 11 nitrogen and oxygen atoms in total. The van der Waals surface area contributed by atoms with Gasteiger partial charge in [0.05, 0.1) is 30.3 Å². The van der Waals surface area contributed by atoms with Gasteiger partial charge in [-0.25, -0.2) is 19.9 Å². The second-order valence-electron chi connectivity index (χ2n) is 9.62. The molecule has 0 spiro atoms. The van der Waals surface area contributed by atoms with Crippen LogP contribution in [0.5, 0.6) is 0 Å². The van der Waals surface area contributed by atoms with Crippen LogP contribution in [0.25, 0.3) is 22.6 Å². The second kappa shape index (κ2) is 10.2. The first-order valence-electron chi connectivity index (χ1n) is 12.7. The van der Waals surface area contributed by atoms with E-state index in [1.807, 2.05) is 48.2 Å². The lowest BCUT2D eigenvalue weighted by molar-refractivity contribution is 0.0775. The highest BCUT2D eigenvalue weighted by atomic mass is 16.5. The summed E-state index contributed by atoms with van der Waals surface area (Å²) >= 11 is 0. The third kappa shape index (κ3) is 4.80. The van der Waals surface area contributed by atoms with Crippen LogP contribution in [0, 0.1) is 5.92 Å². The van der Waals surface area contributed by atoms with E-state index in [1.165, 1.54) is 0 Å². The number of H-pyrrole nitrogens is 1. The minimum Gasteiger partial charge on any atom is -0.378 e. The number of aromatic nitrogens is 5. The minimum atomic E-state index is -0.280. The number of carbonyl (C=O) groups excluding carboxylic acids is 2. The number of nitrogens with one attached hydrogen (secondary N) is 2. The van der Waals surface area contributed by atoms with Crippen LogP contribution in [0.3, 0.4) is 0 Å². The van der Waals surface area contributed by atoms with Gasteiger partial charge in [-0.2, -0.15) is 0 Å². The van der Waals surface area contributed by atoms with E-state index in [9.17, 15) is 9.59 Å². The molecule has 2 aliphatic rings. The summed E-state index contributed by atoms with van der Waals surface area (Å²) in [7, 11) is 0. The summed E-state index contributed by atoms with van der Waals surface area (Å²) in [6.07, 6.45) is 1.60. The lowest BCUT2D eigenvalue weighted by Gasteiger charge is -2.26. The number of imidazole rings is 1. The zero-order valence-electron chi connectivity index (χ0n) is 21.0. The SMILES string of the molecule is CC1CN(C(=O)c2cccc(-c3nc4ccccc4[nH]3)n2)CC1NC(=O)c1ccnc(N2CCOCC2)n1. The Labute approximate surface area is 219 Å². The van der Waals surface area contributed by atoms with Gasteiger partial charge < -0.3 is 24.8 Å². The largest absolute Gasteiger partial charge is 0.378 e. The van der Waals surface area contributed by atoms with Gasteiger partial charge in [-0.1, -0.05) is 25.1 Å². The number of anilines is 1. The molecule has 194 valence electrons. The van der Waals surface area contributed by atoms with E-state index in [0.29, 0.717) is 68.2 Å².